The lowest BCUT2D eigenvalue weighted by atomic mass is 9.94. The van der Waals surface area contributed by atoms with Crippen LogP contribution in [0.4, 0.5) is 10.1 Å². The van der Waals surface area contributed by atoms with E-state index < -0.39 is 0 Å². The van der Waals surface area contributed by atoms with Crippen molar-refractivity contribution in [3.05, 3.63) is 28.9 Å². The minimum absolute atomic E-state index is 0.0531. The van der Waals surface area contributed by atoms with E-state index in [1.807, 2.05) is 4.90 Å². The summed E-state index contributed by atoms with van der Waals surface area (Å²) < 4.78 is 14.6. The third-order valence-corrected chi connectivity index (χ3v) is 5.53. The Morgan fingerprint density at radius 3 is 2.76 bits per heavy atom. The van der Waals surface area contributed by atoms with E-state index in [1.165, 1.54) is 17.4 Å². The molecular weight excluding hydrogens is 287 g/mol. The summed E-state index contributed by atoms with van der Waals surface area (Å²) in [5, 5.41) is 0.384. The minimum Gasteiger partial charge on any atom is -0.397 e. The molecule has 3 nitrogen and oxygen atoms in total. The van der Waals surface area contributed by atoms with Crippen molar-refractivity contribution in [2.45, 2.75) is 26.2 Å². The highest BCUT2D eigenvalue weighted by molar-refractivity contribution is 7.21. The van der Waals surface area contributed by atoms with Crippen LogP contribution in [-0.4, -0.2) is 23.9 Å². The van der Waals surface area contributed by atoms with Crippen molar-refractivity contribution in [1.29, 1.82) is 0 Å². The highest BCUT2D eigenvalue weighted by Crippen LogP contribution is 2.36. The molecule has 21 heavy (non-hydrogen) atoms. The largest absolute Gasteiger partial charge is 0.397 e. The van der Waals surface area contributed by atoms with Crippen LogP contribution in [0.5, 0.6) is 0 Å². The number of thiophene rings is 1. The molecule has 1 saturated heterocycles. The van der Waals surface area contributed by atoms with E-state index in [4.69, 9.17) is 5.73 Å². The maximum atomic E-state index is 13.9. The number of hydrogen-bond acceptors (Lipinski definition) is 3. The van der Waals surface area contributed by atoms with Gasteiger partial charge in [-0.25, -0.2) is 4.39 Å². The molecule has 0 atom stereocenters. The van der Waals surface area contributed by atoms with Gasteiger partial charge in [0, 0.05) is 17.8 Å². The zero-order valence-corrected chi connectivity index (χ0v) is 12.9. The number of carbonyl (C=O) groups is 1. The van der Waals surface area contributed by atoms with Crippen molar-refractivity contribution in [1.82, 2.24) is 4.90 Å². The van der Waals surface area contributed by atoms with Gasteiger partial charge in [-0.3, -0.25) is 4.79 Å². The first-order valence-electron chi connectivity index (χ1n) is 7.37. The van der Waals surface area contributed by atoms with Crippen molar-refractivity contribution < 1.29 is 9.18 Å². The van der Waals surface area contributed by atoms with Crippen LogP contribution < -0.4 is 5.73 Å². The van der Waals surface area contributed by atoms with Gasteiger partial charge in [0.2, 0.25) is 0 Å². The van der Waals surface area contributed by atoms with Gasteiger partial charge in [0.25, 0.3) is 5.91 Å². The highest BCUT2D eigenvalue weighted by Gasteiger charge is 2.26. The van der Waals surface area contributed by atoms with Gasteiger partial charge in [-0.15, -0.1) is 11.3 Å². The van der Waals surface area contributed by atoms with Gasteiger partial charge >= 0.3 is 0 Å². The van der Waals surface area contributed by atoms with Crippen LogP contribution in [0.15, 0.2) is 18.2 Å². The summed E-state index contributed by atoms with van der Waals surface area (Å²) in [4.78, 5) is 15.0. The number of carbonyl (C=O) groups excluding carboxylic acids is 1. The van der Waals surface area contributed by atoms with Crippen LogP contribution in [0.25, 0.3) is 10.1 Å². The smallest absolute Gasteiger partial charge is 0.266 e. The number of halogens is 1. The number of likely N-dealkylation sites (tertiary alicyclic amines) is 1. The van der Waals surface area contributed by atoms with Crippen LogP contribution in [-0.2, 0) is 0 Å². The fourth-order valence-corrected chi connectivity index (χ4v) is 4.08. The molecule has 2 aromatic rings. The van der Waals surface area contributed by atoms with Crippen molar-refractivity contribution in [2.75, 3.05) is 18.8 Å². The molecule has 1 fully saturated rings. The molecule has 1 aromatic heterocycles. The molecule has 0 radical (unpaired) electrons. The fourth-order valence-electron chi connectivity index (χ4n) is 2.98. The Kier molecular flexibility index (Phi) is 3.85. The quantitative estimate of drug-likeness (QED) is 0.915. The molecule has 5 heteroatoms. The van der Waals surface area contributed by atoms with Crippen molar-refractivity contribution in [3.8, 4) is 0 Å². The summed E-state index contributed by atoms with van der Waals surface area (Å²) in [6.45, 7) is 3.73. The SMILES string of the molecule is CCC1CCN(C(=O)c2sc3cccc(F)c3c2N)CC1. The van der Waals surface area contributed by atoms with Gasteiger partial charge in [-0.05, 0) is 30.9 Å². The molecule has 0 aliphatic carbocycles. The number of hydrogen-bond donors (Lipinski definition) is 1. The van der Waals surface area contributed by atoms with Crippen molar-refractivity contribution in [3.63, 3.8) is 0 Å². The van der Waals surface area contributed by atoms with Gasteiger partial charge < -0.3 is 10.6 Å². The van der Waals surface area contributed by atoms with E-state index in [0.717, 1.165) is 37.1 Å². The summed E-state index contributed by atoms with van der Waals surface area (Å²) in [6.07, 6.45) is 3.25. The van der Waals surface area contributed by atoms with Gasteiger partial charge in [-0.2, -0.15) is 0 Å². The molecule has 0 saturated carbocycles. The summed E-state index contributed by atoms with van der Waals surface area (Å²) in [6, 6.07) is 4.83. The molecule has 1 aliphatic heterocycles. The number of fused-ring (bicyclic) bond motifs is 1. The number of piperidine rings is 1. The molecule has 0 spiro atoms. The topological polar surface area (TPSA) is 46.3 Å². The maximum Gasteiger partial charge on any atom is 0.266 e. The number of anilines is 1. The summed E-state index contributed by atoms with van der Waals surface area (Å²) in [7, 11) is 0. The average Bonchev–Trinajstić information content (AvgIpc) is 2.85. The molecule has 2 N–H and O–H groups in total. The standard InChI is InChI=1S/C16H19FN2OS/c1-2-10-6-8-19(9-7-10)16(20)15-14(18)13-11(17)4-3-5-12(13)21-15/h3-5,10H,2,6-9,18H2,1H3. The Labute approximate surface area is 127 Å². The van der Waals surface area contributed by atoms with E-state index in [-0.39, 0.29) is 17.4 Å². The molecule has 1 aromatic carbocycles. The third kappa shape index (κ3) is 2.50. The van der Waals surface area contributed by atoms with E-state index in [9.17, 15) is 9.18 Å². The van der Waals surface area contributed by atoms with Gasteiger partial charge in [-0.1, -0.05) is 19.4 Å². The van der Waals surface area contributed by atoms with Gasteiger partial charge in [0.15, 0.2) is 0 Å². The zero-order valence-electron chi connectivity index (χ0n) is 12.1. The second kappa shape index (κ2) is 5.64. The van der Waals surface area contributed by atoms with Crippen LogP contribution in [0.3, 0.4) is 0 Å². The Morgan fingerprint density at radius 1 is 1.43 bits per heavy atom. The van der Waals surface area contributed by atoms with E-state index in [1.54, 1.807) is 12.1 Å². The van der Waals surface area contributed by atoms with Gasteiger partial charge in [0.05, 0.1) is 11.1 Å². The third-order valence-electron chi connectivity index (χ3n) is 4.37. The summed E-state index contributed by atoms with van der Waals surface area (Å²) >= 11 is 1.29. The van der Waals surface area contributed by atoms with Crippen LogP contribution in [0.2, 0.25) is 0 Å². The average molecular weight is 306 g/mol. The lowest BCUT2D eigenvalue weighted by molar-refractivity contribution is 0.0695. The number of rotatable bonds is 2. The minimum atomic E-state index is -0.356. The van der Waals surface area contributed by atoms with E-state index in [2.05, 4.69) is 6.92 Å². The fraction of sp³-hybridized carbons (Fsp3) is 0.438. The lowest BCUT2D eigenvalue weighted by Gasteiger charge is -2.31. The van der Waals surface area contributed by atoms with Crippen LogP contribution in [0, 0.1) is 11.7 Å². The predicted octanol–water partition coefficient (Wildman–Crippen LogP) is 3.88. The Hall–Kier alpha value is -1.62. The van der Waals surface area contributed by atoms with Crippen LogP contribution in [0.1, 0.15) is 35.9 Å². The number of amides is 1. The summed E-state index contributed by atoms with van der Waals surface area (Å²) in [5.74, 6) is 0.305. The molecule has 1 aliphatic rings. The maximum absolute atomic E-state index is 13.9. The first kappa shape index (κ1) is 14.3. The number of nitrogens with two attached hydrogens (primary N) is 1. The first-order valence-corrected chi connectivity index (χ1v) is 8.19. The van der Waals surface area contributed by atoms with Crippen molar-refractivity contribution in [2.24, 2.45) is 5.92 Å². The highest BCUT2D eigenvalue weighted by atomic mass is 32.1. The van der Waals surface area contributed by atoms with Gasteiger partial charge in [0.1, 0.15) is 10.7 Å². The normalized spacial score (nSPS) is 16.6. The molecular formula is C16H19FN2OS. The zero-order chi connectivity index (χ0) is 15.0. The second-order valence-corrected chi connectivity index (χ2v) is 6.65. The lowest BCUT2D eigenvalue weighted by Crippen LogP contribution is -2.38. The molecule has 2 heterocycles. The Balaban J connectivity index is 1.89. The predicted molar refractivity (Wildman–Crippen MR) is 85.1 cm³/mol. The van der Waals surface area contributed by atoms with Crippen molar-refractivity contribution >= 4 is 33.0 Å². The van der Waals surface area contributed by atoms with Crippen LogP contribution >= 0.6 is 11.3 Å². The first-order chi connectivity index (χ1) is 10.1. The molecule has 3 rings (SSSR count). The summed E-state index contributed by atoms with van der Waals surface area (Å²) in [5.41, 5.74) is 6.31. The second-order valence-electron chi connectivity index (χ2n) is 5.60. The number of nitrogens with zero attached hydrogens (tertiary/aromatic N) is 1. The number of nitrogen functional groups attached to an aromatic ring is 1. The Bertz CT molecular complexity index is 674. The molecule has 112 valence electrons. The van der Waals surface area contributed by atoms with E-state index in [0.29, 0.717) is 16.2 Å². The molecule has 0 bridgehead atoms. The van der Waals surface area contributed by atoms with E-state index >= 15 is 0 Å². The number of benzene rings is 1. The Morgan fingerprint density at radius 2 is 2.14 bits per heavy atom. The molecule has 1 amide bonds. The molecule has 0 unspecified atom stereocenters. The monoisotopic (exact) mass is 306 g/mol.